The van der Waals surface area contributed by atoms with E-state index in [1.54, 1.807) is 0 Å². The normalized spacial score (nSPS) is 13.7. The van der Waals surface area contributed by atoms with Crippen molar-refractivity contribution >= 4 is 33.3 Å². The number of hydrogen-bond donors (Lipinski definition) is 1. The molecule has 168 valence electrons. The molecule has 2 heteroatoms. The van der Waals surface area contributed by atoms with Crippen LogP contribution in [0.3, 0.4) is 0 Å². The summed E-state index contributed by atoms with van der Waals surface area (Å²) in [6.45, 7) is 4.63. The quantitative estimate of drug-likeness (QED) is 0.290. The van der Waals surface area contributed by atoms with Gasteiger partial charge in [-0.15, -0.1) is 0 Å². The molecule has 1 aromatic heterocycles. The van der Waals surface area contributed by atoms with Crippen molar-refractivity contribution in [3.05, 3.63) is 120 Å². The second kappa shape index (κ2) is 7.35. The highest BCUT2D eigenvalue weighted by atomic mass is 16.3. The van der Waals surface area contributed by atoms with Crippen LogP contribution in [0.5, 0.6) is 0 Å². The van der Waals surface area contributed by atoms with Crippen LogP contribution in [0.15, 0.2) is 114 Å². The predicted octanol–water partition coefficient (Wildman–Crippen LogP) is 9.30. The van der Waals surface area contributed by atoms with Gasteiger partial charge in [-0.3, -0.25) is 0 Å². The average Bonchev–Trinajstić information content (AvgIpc) is 3.36. The van der Waals surface area contributed by atoms with Crippen LogP contribution >= 0.6 is 0 Å². The maximum Gasteiger partial charge on any atom is 0.136 e. The third-order valence-corrected chi connectivity index (χ3v) is 7.45. The maximum absolute atomic E-state index is 6.11. The summed E-state index contributed by atoms with van der Waals surface area (Å²) in [5, 5.41) is 5.96. The van der Waals surface area contributed by atoms with Crippen molar-refractivity contribution in [2.24, 2.45) is 0 Å². The largest absolute Gasteiger partial charge is 0.456 e. The fourth-order valence-corrected chi connectivity index (χ4v) is 5.63. The van der Waals surface area contributed by atoms with Crippen LogP contribution in [0.4, 0.5) is 11.4 Å². The number of para-hydroxylation sites is 1. The molecule has 0 aliphatic heterocycles. The van der Waals surface area contributed by atoms with Crippen molar-refractivity contribution in [2.75, 3.05) is 5.32 Å². The van der Waals surface area contributed by atoms with Crippen molar-refractivity contribution in [3.8, 4) is 22.3 Å². The predicted molar refractivity (Wildman–Crippen MR) is 146 cm³/mol. The molecule has 1 N–H and O–H groups in total. The molecule has 0 bridgehead atoms. The van der Waals surface area contributed by atoms with Gasteiger partial charge >= 0.3 is 0 Å². The second-order valence-electron chi connectivity index (χ2n) is 9.95. The van der Waals surface area contributed by atoms with Gasteiger partial charge in [-0.2, -0.15) is 0 Å². The van der Waals surface area contributed by atoms with E-state index in [1.807, 2.05) is 12.1 Å². The molecule has 0 atom stereocenters. The minimum Gasteiger partial charge on any atom is -0.456 e. The number of fused-ring (bicyclic) bond motifs is 6. The van der Waals surface area contributed by atoms with Gasteiger partial charge in [0.05, 0.1) is 0 Å². The third kappa shape index (κ3) is 3.10. The van der Waals surface area contributed by atoms with Gasteiger partial charge in [0.1, 0.15) is 11.2 Å². The number of benzene rings is 5. The SMILES string of the molecule is CC1(C)c2ccccc2-c2ccc(Nc3cccc(-c4ccc5c(c4)oc4ccccc45)c3)cc21. The minimum atomic E-state index is -0.00649. The van der Waals surface area contributed by atoms with Crippen molar-refractivity contribution in [1.82, 2.24) is 0 Å². The standard InChI is InChI=1S/C33H25NO/c1-33(2)29-12-5-3-10-25(29)26-17-15-24(20-30(26)33)34-23-9-7-8-21(18-23)22-14-16-28-27-11-4-6-13-31(27)35-32(28)19-22/h3-20,34H,1-2H3. The van der Waals surface area contributed by atoms with E-state index < -0.39 is 0 Å². The molecular formula is C33H25NO. The minimum absolute atomic E-state index is 0.00649. The summed E-state index contributed by atoms with van der Waals surface area (Å²) in [6, 6.07) is 38.8. The molecule has 5 aromatic carbocycles. The molecule has 6 aromatic rings. The molecule has 7 rings (SSSR count). The molecule has 35 heavy (non-hydrogen) atoms. The first-order valence-corrected chi connectivity index (χ1v) is 12.1. The highest BCUT2D eigenvalue weighted by Gasteiger charge is 2.35. The van der Waals surface area contributed by atoms with Crippen LogP contribution in [0.1, 0.15) is 25.0 Å². The lowest BCUT2D eigenvalue weighted by Gasteiger charge is -2.22. The van der Waals surface area contributed by atoms with E-state index in [-0.39, 0.29) is 5.41 Å². The van der Waals surface area contributed by atoms with E-state index >= 15 is 0 Å². The van der Waals surface area contributed by atoms with Crippen molar-refractivity contribution in [3.63, 3.8) is 0 Å². The zero-order valence-corrected chi connectivity index (χ0v) is 19.8. The monoisotopic (exact) mass is 451 g/mol. The number of furan rings is 1. The fourth-order valence-electron chi connectivity index (χ4n) is 5.63. The average molecular weight is 452 g/mol. The Hall–Kier alpha value is -4.30. The highest BCUT2D eigenvalue weighted by molar-refractivity contribution is 6.05. The van der Waals surface area contributed by atoms with Crippen molar-refractivity contribution in [2.45, 2.75) is 19.3 Å². The van der Waals surface area contributed by atoms with Crippen molar-refractivity contribution in [1.29, 1.82) is 0 Å². The lowest BCUT2D eigenvalue weighted by molar-refractivity contribution is 0.660. The van der Waals surface area contributed by atoms with Crippen LogP contribution in [0.25, 0.3) is 44.2 Å². The summed E-state index contributed by atoms with van der Waals surface area (Å²) in [7, 11) is 0. The topological polar surface area (TPSA) is 25.2 Å². The third-order valence-electron chi connectivity index (χ3n) is 7.45. The summed E-state index contributed by atoms with van der Waals surface area (Å²) in [5.41, 5.74) is 11.8. The van der Waals surface area contributed by atoms with Crippen LogP contribution in [0.2, 0.25) is 0 Å². The smallest absolute Gasteiger partial charge is 0.136 e. The second-order valence-corrected chi connectivity index (χ2v) is 9.95. The molecule has 0 saturated carbocycles. The summed E-state index contributed by atoms with van der Waals surface area (Å²) in [5.74, 6) is 0. The van der Waals surface area contributed by atoms with E-state index in [9.17, 15) is 0 Å². The Labute approximate surface area is 204 Å². The lowest BCUT2D eigenvalue weighted by Crippen LogP contribution is -2.15. The van der Waals surface area contributed by atoms with Crippen LogP contribution in [0, 0.1) is 0 Å². The molecule has 1 aliphatic carbocycles. The van der Waals surface area contributed by atoms with Gasteiger partial charge in [0, 0.05) is 27.6 Å². The Morgan fingerprint density at radius 2 is 1.29 bits per heavy atom. The first-order chi connectivity index (χ1) is 17.1. The molecule has 0 radical (unpaired) electrons. The Morgan fingerprint density at radius 1 is 0.543 bits per heavy atom. The molecule has 0 fully saturated rings. The number of rotatable bonds is 3. The van der Waals surface area contributed by atoms with E-state index in [4.69, 9.17) is 4.42 Å². The van der Waals surface area contributed by atoms with E-state index in [0.717, 1.165) is 44.4 Å². The van der Waals surface area contributed by atoms with Gasteiger partial charge < -0.3 is 9.73 Å². The molecule has 0 amide bonds. The van der Waals surface area contributed by atoms with Gasteiger partial charge in [0.2, 0.25) is 0 Å². The molecule has 0 saturated heterocycles. The Bertz CT molecular complexity index is 1750. The molecule has 0 spiro atoms. The van der Waals surface area contributed by atoms with Gasteiger partial charge in [-0.1, -0.05) is 80.6 Å². The zero-order chi connectivity index (χ0) is 23.6. The first-order valence-electron chi connectivity index (χ1n) is 12.1. The Morgan fingerprint density at radius 3 is 2.23 bits per heavy atom. The number of nitrogens with one attached hydrogen (secondary N) is 1. The summed E-state index contributed by atoms with van der Waals surface area (Å²) in [4.78, 5) is 0. The van der Waals surface area contributed by atoms with Gasteiger partial charge in [-0.05, 0) is 75.8 Å². The van der Waals surface area contributed by atoms with E-state index in [1.165, 1.54) is 22.3 Å². The van der Waals surface area contributed by atoms with Gasteiger partial charge in [-0.25, -0.2) is 0 Å². The summed E-state index contributed by atoms with van der Waals surface area (Å²) in [6.07, 6.45) is 0. The molecular weight excluding hydrogens is 426 g/mol. The molecule has 0 unspecified atom stereocenters. The summed E-state index contributed by atoms with van der Waals surface area (Å²) >= 11 is 0. The van der Waals surface area contributed by atoms with E-state index in [2.05, 4.69) is 116 Å². The molecule has 2 nitrogen and oxygen atoms in total. The van der Waals surface area contributed by atoms with Crippen molar-refractivity contribution < 1.29 is 4.42 Å². The Balaban J connectivity index is 1.23. The maximum atomic E-state index is 6.11. The van der Waals surface area contributed by atoms with Crippen LogP contribution in [-0.2, 0) is 5.41 Å². The highest BCUT2D eigenvalue weighted by Crippen LogP contribution is 2.49. The van der Waals surface area contributed by atoms with Gasteiger partial charge in [0.15, 0.2) is 0 Å². The fraction of sp³-hybridized carbons (Fsp3) is 0.0909. The lowest BCUT2D eigenvalue weighted by atomic mass is 9.82. The molecule has 1 aliphatic rings. The summed E-state index contributed by atoms with van der Waals surface area (Å²) < 4.78 is 6.11. The van der Waals surface area contributed by atoms with Gasteiger partial charge in [0.25, 0.3) is 0 Å². The number of anilines is 2. The van der Waals surface area contributed by atoms with E-state index in [0.29, 0.717) is 0 Å². The van der Waals surface area contributed by atoms with Crippen LogP contribution in [-0.4, -0.2) is 0 Å². The Kier molecular flexibility index (Phi) is 4.22. The number of hydrogen-bond acceptors (Lipinski definition) is 2. The van der Waals surface area contributed by atoms with Crippen LogP contribution < -0.4 is 5.32 Å². The first kappa shape index (κ1) is 20.1. The zero-order valence-electron chi connectivity index (χ0n) is 19.8. The molecule has 1 heterocycles.